The molecule has 0 aromatic carbocycles. The average Bonchev–Trinajstić information content (AvgIpc) is 2.45. The van der Waals surface area contributed by atoms with Crippen molar-refractivity contribution in [1.29, 1.82) is 0 Å². The number of nitrogens with one attached hydrogen (secondary N) is 1. The van der Waals surface area contributed by atoms with Gasteiger partial charge < -0.3 is 5.32 Å². The topological polar surface area (TPSA) is 37.8 Å². The molecule has 0 amide bonds. The Kier molecular flexibility index (Phi) is 4.22. The summed E-state index contributed by atoms with van der Waals surface area (Å²) in [5, 5.41) is 2.87. The molecular weight excluding hydrogens is 267 g/mol. The minimum atomic E-state index is -4.38. The Bertz CT molecular complexity index is 565. The fourth-order valence-corrected chi connectivity index (χ4v) is 1.77. The molecule has 20 heavy (non-hydrogen) atoms. The first-order chi connectivity index (χ1) is 9.50. The number of aryl methyl sites for hydroxylation is 1. The van der Waals surface area contributed by atoms with Crippen molar-refractivity contribution in [1.82, 2.24) is 9.97 Å². The molecule has 2 aromatic heterocycles. The van der Waals surface area contributed by atoms with E-state index in [4.69, 9.17) is 0 Å². The Morgan fingerprint density at radius 1 is 1.15 bits per heavy atom. The number of alkyl halides is 3. The molecule has 0 aliphatic heterocycles. The third-order valence-electron chi connectivity index (χ3n) is 2.90. The van der Waals surface area contributed by atoms with E-state index in [0.717, 1.165) is 24.2 Å². The summed E-state index contributed by atoms with van der Waals surface area (Å²) >= 11 is 0. The first-order valence-electron chi connectivity index (χ1n) is 6.19. The van der Waals surface area contributed by atoms with E-state index in [0.29, 0.717) is 5.82 Å². The van der Waals surface area contributed by atoms with Crippen LogP contribution < -0.4 is 5.32 Å². The van der Waals surface area contributed by atoms with Gasteiger partial charge in [-0.05, 0) is 24.1 Å². The molecule has 2 heterocycles. The molecule has 0 atom stereocenters. The van der Waals surface area contributed by atoms with Gasteiger partial charge in [-0.2, -0.15) is 13.2 Å². The van der Waals surface area contributed by atoms with E-state index in [1.807, 2.05) is 13.0 Å². The van der Waals surface area contributed by atoms with Gasteiger partial charge >= 0.3 is 6.18 Å². The molecule has 0 saturated carbocycles. The second kappa shape index (κ2) is 5.90. The van der Waals surface area contributed by atoms with E-state index in [2.05, 4.69) is 15.3 Å². The molecule has 0 fully saturated rings. The maximum Gasteiger partial charge on any atom is 0.416 e. The molecule has 3 nitrogen and oxygen atoms in total. The van der Waals surface area contributed by atoms with Crippen LogP contribution in [0.4, 0.5) is 19.0 Å². The Morgan fingerprint density at radius 2 is 1.95 bits per heavy atom. The highest BCUT2D eigenvalue weighted by Gasteiger charge is 2.33. The zero-order valence-corrected chi connectivity index (χ0v) is 10.9. The summed E-state index contributed by atoms with van der Waals surface area (Å²) in [6, 6.07) is 4.62. The highest BCUT2D eigenvalue weighted by molar-refractivity contribution is 5.38. The van der Waals surface area contributed by atoms with Crippen LogP contribution in [0.3, 0.4) is 0 Å². The van der Waals surface area contributed by atoms with Gasteiger partial charge in [0.2, 0.25) is 0 Å². The molecule has 1 N–H and O–H groups in total. The summed E-state index contributed by atoms with van der Waals surface area (Å²) in [5.41, 5.74) is 0.499. The number of halogens is 3. The number of pyridine rings is 2. The molecule has 0 bridgehead atoms. The molecule has 2 aromatic rings. The average molecular weight is 281 g/mol. The van der Waals surface area contributed by atoms with Crippen molar-refractivity contribution in [3.8, 4) is 0 Å². The Morgan fingerprint density at radius 3 is 2.55 bits per heavy atom. The number of aromatic nitrogens is 2. The zero-order chi connectivity index (χ0) is 14.6. The van der Waals surface area contributed by atoms with Crippen molar-refractivity contribution in [2.45, 2.75) is 26.1 Å². The van der Waals surface area contributed by atoms with E-state index >= 15 is 0 Å². The molecule has 0 saturated heterocycles. The quantitative estimate of drug-likeness (QED) is 0.929. The Hall–Kier alpha value is -2.11. The predicted octanol–water partition coefficient (Wildman–Crippen LogP) is 3.67. The van der Waals surface area contributed by atoms with Crippen LogP contribution in [0.25, 0.3) is 0 Å². The van der Waals surface area contributed by atoms with Gasteiger partial charge in [0.15, 0.2) is 0 Å². The van der Waals surface area contributed by atoms with Gasteiger partial charge in [-0.1, -0.05) is 13.0 Å². The van der Waals surface area contributed by atoms with E-state index in [1.165, 1.54) is 6.20 Å². The maximum absolute atomic E-state index is 12.8. The molecule has 0 radical (unpaired) electrons. The van der Waals surface area contributed by atoms with Crippen molar-refractivity contribution in [3.05, 3.63) is 53.5 Å². The lowest BCUT2D eigenvalue weighted by Gasteiger charge is -2.13. The van der Waals surface area contributed by atoms with Crippen LogP contribution >= 0.6 is 0 Å². The molecule has 0 aliphatic rings. The number of anilines is 1. The summed E-state index contributed by atoms with van der Waals surface area (Å²) in [6.07, 6.45) is 0.556. The lowest BCUT2D eigenvalue weighted by molar-refractivity contribution is -0.138. The lowest BCUT2D eigenvalue weighted by atomic mass is 10.1. The van der Waals surface area contributed by atoms with Gasteiger partial charge in [0.05, 0.1) is 5.56 Å². The minimum absolute atomic E-state index is 0.0289. The molecular formula is C14H14F3N3. The second-order valence-electron chi connectivity index (χ2n) is 4.29. The van der Waals surface area contributed by atoms with Crippen LogP contribution in [0.15, 0.2) is 36.8 Å². The van der Waals surface area contributed by atoms with Crippen molar-refractivity contribution in [3.63, 3.8) is 0 Å². The van der Waals surface area contributed by atoms with Crippen molar-refractivity contribution < 1.29 is 13.2 Å². The van der Waals surface area contributed by atoms with Crippen molar-refractivity contribution in [2.75, 3.05) is 5.32 Å². The number of nitrogens with zero attached hydrogens (tertiary/aromatic N) is 2. The van der Waals surface area contributed by atoms with Gasteiger partial charge in [-0.3, -0.25) is 4.98 Å². The van der Waals surface area contributed by atoms with Gasteiger partial charge in [0.25, 0.3) is 0 Å². The number of hydrogen-bond donors (Lipinski definition) is 1. The van der Waals surface area contributed by atoms with Crippen LogP contribution in [-0.2, 0) is 19.1 Å². The summed E-state index contributed by atoms with van der Waals surface area (Å²) in [4.78, 5) is 7.88. The van der Waals surface area contributed by atoms with Gasteiger partial charge in [0, 0.05) is 30.7 Å². The number of hydrogen-bond acceptors (Lipinski definition) is 3. The second-order valence-corrected chi connectivity index (χ2v) is 4.29. The fourth-order valence-electron chi connectivity index (χ4n) is 1.77. The van der Waals surface area contributed by atoms with Crippen LogP contribution in [0, 0.1) is 0 Å². The van der Waals surface area contributed by atoms with Gasteiger partial charge in [-0.25, -0.2) is 4.98 Å². The molecule has 0 spiro atoms. The first-order valence-corrected chi connectivity index (χ1v) is 6.19. The molecule has 6 heteroatoms. The Balaban J connectivity index is 2.10. The van der Waals surface area contributed by atoms with Crippen LogP contribution in [0.2, 0.25) is 0 Å². The summed E-state index contributed by atoms with van der Waals surface area (Å²) in [7, 11) is 0. The van der Waals surface area contributed by atoms with Gasteiger partial charge in [-0.15, -0.1) is 0 Å². The largest absolute Gasteiger partial charge is 0.416 e. The molecule has 106 valence electrons. The highest BCUT2D eigenvalue weighted by atomic mass is 19.4. The van der Waals surface area contributed by atoms with E-state index in [-0.39, 0.29) is 12.1 Å². The predicted molar refractivity (Wildman–Crippen MR) is 70.2 cm³/mol. The van der Waals surface area contributed by atoms with Gasteiger partial charge in [0.1, 0.15) is 5.82 Å². The van der Waals surface area contributed by atoms with Crippen LogP contribution in [0.5, 0.6) is 0 Å². The Labute approximate surface area is 114 Å². The summed E-state index contributed by atoms with van der Waals surface area (Å²) in [6.45, 7) is 2.04. The van der Waals surface area contributed by atoms with E-state index in [1.54, 1.807) is 12.3 Å². The third kappa shape index (κ3) is 3.46. The van der Waals surface area contributed by atoms with E-state index < -0.39 is 11.7 Å². The zero-order valence-electron chi connectivity index (χ0n) is 10.9. The van der Waals surface area contributed by atoms with Crippen LogP contribution in [-0.4, -0.2) is 9.97 Å². The highest BCUT2D eigenvalue weighted by Crippen LogP contribution is 2.31. The standard InChI is InChI=1S/C14H14F3N3/c1-2-10-3-4-13(19-7-10)20-9-11-8-18-6-5-12(11)14(15,16)17/h3-8H,2,9H2,1H3,(H,19,20). The monoisotopic (exact) mass is 281 g/mol. The lowest BCUT2D eigenvalue weighted by Crippen LogP contribution is -2.12. The summed E-state index contributed by atoms with van der Waals surface area (Å²) in [5.74, 6) is 0.541. The fraction of sp³-hybridized carbons (Fsp3) is 0.286. The number of rotatable bonds is 4. The SMILES string of the molecule is CCc1ccc(NCc2cnccc2C(F)(F)F)nc1. The third-order valence-corrected chi connectivity index (χ3v) is 2.90. The van der Waals surface area contributed by atoms with Crippen LogP contribution in [0.1, 0.15) is 23.6 Å². The molecule has 0 aliphatic carbocycles. The molecule has 0 unspecified atom stereocenters. The van der Waals surface area contributed by atoms with Crippen molar-refractivity contribution >= 4 is 5.82 Å². The first kappa shape index (κ1) is 14.3. The normalized spacial score (nSPS) is 11.4. The smallest absolute Gasteiger partial charge is 0.366 e. The van der Waals surface area contributed by atoms with Crippen molar-refractivity contribution in [2.24, 2.45) is 0 Å². The van der Waals surface area contributed by atoms with E-state index in [9.17, 15) is 13.2 Å². The maximum atomic E-state index is 12.8. The minimum Gasteiger partial charge on any atom is -0.366 e. The summed E-state index contributed by atoms with van der Waals surface area (Å²) < 4.78 is 38.4. The molecule has 2 rings (SSSR count).